The second-order valence-corrected chi connectivity index (χ2v) is 6.50. The van der Waals surface area contributed by atoms with Crippen LogP contribution in [0.25, 0.3) is 0 Å². The molecule has 2 fully saturated rings. The van der Waals surface area contributed by atoms with Gasteiger partial charge in [0.2, 0.25) is 11.8 Å². The standard InChI is InChI=1S/C15H22F3N3O6/c16-15(17,18)13(24)27-10(19)7-26-6-5-25-4-3-21-8-14(9-21)2-1-11(22)20-12(14)23/h10H,1-9,19H2,(H,20,22,23). The van der Waals surface area contributed by atoms with E-state index >= 15 is 0 Å². The van der Waals surface area contributed by atoms with Crippen molar-refractivity contribution in [3.8, 4) is 0 Å². The zero-order chi connectivity index (χ0) is 20.1. The number of carbonyl (C=O) groups is 3. The minimum Gasteiger partial charge on any atom is -0.438 e. The summed E-state index contributed by atoms with van der Waals surface area (Å²) in [6, 6.07) is 0. The van der Waals surface area contributed by atoms with Crippen molar-refractivity contribution in [1.82, 2.24) is 10.2 Å². The van der Waals surface area contributed by atoms with E-state index in [4.69, 9.17) is 15.2 Å². The summed E-state index contributed by atoms with van der Waals surface area (Å²) in [5.74, 6) is -2.81. The molecule has 0 radical (unpaired) electrons. The number of ether oxygens (including phenoxy) is 3. The fourth-order valence-electron chi connectivity index (χ4n) is 2.91. The molecule has 2 rings (SSSR count). The summed E-state index contributed by atoms with van der Waals surface area (Å²) < 4.78 is 50.1. The Hall–Kier alpha value is -1.76. The molecule has 0 aromatic carbocycles. The summed E-state index contributed by atoms with van der Waals surface area (Å²) in [6.07, 6.45) is -5.69. The lowest BCUT2D eigenvalue weighted by Gasteiger charge is -2.50. The first-order valence-electron chi connectivity index (χ1n) is 8.38. The number of likely N-dealkylation sites (tertiary alicyclic amines) is 1. The summed E-state index contributed by atoms with van der Waals surface area (Å²) in [7, 11) is 0. The van der Waals surface area contributed by atoms with Crippen LogP contribution < -0.4 is 11.1 Å². The number of alkyl halides is 3. The van der Waals surface area contributed by atoms with Crippen LogP contribution in [0.1, 0.15) is 12.8 Å². The molecule has 2 saturated heterocycles. The summed E-state index contributed by atoms with van der Waals surface area (Å²) in [6.45, 7) is 2.02. The van der Waals surface area contributed by atoms with E-state index in [1.165, 1.54) is 0 Å². The Kier molecular flexibility index (Phi) is 7.14. The van der Waals surface area contributed by atoms with Crippen molar-refractivity contribution in [1.29, 1.82) is 0 Å². The number of hydrogen-bond acceptors (Lipinski definition) is 8. The zero-order valence-electron chi connectivity index (χ0n) is 14.5. The van der Waals surface area contributed by atoms with Crippen LogP contribution in [0.3, 0.4) is 0 Å². The normalized spacial score (nSPS) is 20.9. The predicted octanol–water partition coefficient (Wildman–Crippen LogP) is -0.851. The molecule has 2 aliphatic heterocycles. The fraction of sp³-hybridized carbons (Fsp3) is 0.800. The van der Waals surface area contributed by atoms with E-state index in [0.29, 0.717) is 39.1 Å². The highest BCUT2D eigenvalue weighted by Crippen LogP contribution is 2.37. The highest BCUT2D eigenvalue weighted by atomic mass is 19.4. The molecule has 0 aromatic rings. The van der Waals surface area contributed by atoms with Crippen LogP contribution in [-0.2, 0) is 28.6 Å². The summed E-state index contributed by atoms with van der Waals surface area (Å²) in [5, 5.41) is 2.36. The van der Waals surface area contributed by atoms with Gasteiger partial charge < -0.3 is 14.2 Å². The Bertz CT molecular complexity index is 565. The van der Waals surface area contributed by atoms with Crippen LogP contribution in [0.4, 0.5) is 13.2 Å². The van der Waals surface area contributed by atoms with Crippen LogP contribution in [0.5, 0.6) is 0 Å². The molecule has 0 aliphatic carbocycles. The molecule has 9 nitrogen and oxygen atoms in total. The third-order valence-corrected chi connectivity index (χ3v) is 4.31. The molecule has 1 atom stereocenters. The van der Waals surface area contributed by atoms with Gasteiger partial charge in [-0.1, -0.05) is 0 Å². The number of rotatable bonds is 9. The molecular formula is C15H22F3N3O6. The maximum atomic E-state index is 12.0. The Morgan fingerprint density at radius 3 is 2.52 bits per heavy atom. The van der Waals surface area contributed by atoms with E-state index < -0.39 is 23.8 Å². The first kappa shape index (κ1) is 21.5. The molecule has 27 heavy (non-hydrogen) atoms. The third-order valence-electron chi connectivity index (χ3n) is 4.31. The van der Waals surface area contributed by atoms with Crippen LogP contribution in [0, 0.1) is 5.41 Å². The Morgan fingerprint density at radius 2 is 1.89 bits per heavy atom. The Labute approximate surface area is 153 Å². The van der Waals surface area contributed by atoms with Gasteiger partial charge in [-0.2, -0.15) is 13.2 Å². The van der Waals surface area contributed by atoms with Crippen molar-refractivity contribution >= 4 is 17.8 Å². The average molecular weight is 397 g/mol. The van der Waals surface area contributed by atoms with E-state index in [9.17, 15) is 27.6 Å². The number of esters is 1. The molecule has 2 amide bonds. The number of halogens is 3. The lowest BCUT2D eigenvalue weighted by Crippen LogP contribution is -2.66. The van der Waals surface area contributed by atoms with Gasteiger partial charge >= 0.3 is 12.1 Å². The lowest BCUT2D eigenvalue weighted by molar-refractivity contribution is -0.206. The Balaban J connectivity index is 1.46. The third kappa shape index (κ3) is 6.13. The average Bonchev–Trinajstić information content (AvgIpc) is 2.53. The molecule has 12 heteroatoms. The highest BCUT2D eigenvalue weighted by Gasteiger charge is 2.51. The SMILES string of the molecule is NC(COCCOCCN1CC2(CCC(=O)NC2=O)C1)OC(=O)C(F)(F)F. The second kappa shape index (κ2) is 8.95. The molecule has 154 valence electrons. The maximum absolute atomic E-state index is 12.0. The van der Waals surface area contributed by atoms with Gasteiger partial charge in [0.1, 0.15) is 0 Å². The minimum atomic E-state index is -5.09. The van der Waals surface area contributed by atoms with E-state index in [2.05, 4.69) is 10.1 Å². The van der Waals surface area contributed by atoms with E-state index in [1.807, 2.05) is 4.90 Å². The smallest absolute Gasteiger partial charge is 0.438 e. The monoisotopic (exact) mass is 397 g/mol. The highest BCUT2D eigenvalue weighted by molar-refractivity contribution is 6.01. The van der Waals surface area contributed by atoms with Gasteiger partial charge in [0.25, 0.3) is 0 Å². The number of nitrogens with two attached hydrogens (primary N) is 1. The number of hydrogen-bond donors (Lipinski definition) is 2. The minimum absolute atomic E-state index is 0.0751. The van der Waals surface area contributed by atoms with Gasteiger partial charge in [-0.05, 0) is 6.42 Å². The first-order valence-corrected chi connectivity index (χ1v) is 8.38. The van der Waals surface area contributed by atoms with Gasteiger partial charge in [-0.3, -0.25) is 25.5 Å². The quantitative estimate of drug-likeness (QED) is 0.223. The van der Waals surface area contributed by atoms with Gasteiger partial charge in [0, 0.05) is 26.1 Å². The van der Waals surface area contributed by atoms with Crippen LogP contribution in [-0.4, -0.2) is 81.1 Å². The van der Waals surface area contributed by atoms with Gasteiger partial charge in [0.05, 0.1) is 31.8 Å². The molecular weight excluding hydrogens is 375 g/mol. The lowest BCUT2D eigenvalue weighted by atomic mass is 9.73. The molecule has 2 heterocycles. The maximum Gasteiger partial charge on any atom is 0.490 e. The van der Waals surface area contributed by atoms with Gasteiger partial charge in [-0.15, -0.1) is 0 Å². The number of piperidine rings is 1. The van der Waals surface area contributed by atoms with Crippen LogP contribution in [0.2, 0.25) is 0 Å². The van der Waals surface area contributed by atoms with Gasteiger partial charge in [0.15, 0.2) is 6.23 Å². The summed E-state index contributed by atoms with van der Waals surface area (Å²) >= 11 is 0. The summed E-state index contributed by atoms with van der Waals surface area (Å²) in [5.41, 5.74) is 4.72. The molecule has 0 aromatic heterocycles. The molecule has 1 unspecified atom stereocenters. The van der Waals surface area contributed by atoms with Crippen LogP contribution in [0.15, 0.2) is 0 Å². The first-order chi connectivity index (χ1) is 12.6. The number of imide groups is 1. The van der Waals surface area contributed by atoms with Crippen molar-refractivity contribution in [3.63, 3.8) is 0 Å². The van der Waals surface area contributed by atoms with Crippen molar-refractivity contribution in [3.05, 3.63) is 0 Å². The molecule has 0 saturated carbocycles. The molecule has 2 aliphatic rings. The van der Waals surface area contributed by atoms with Gasteiger partial charge in [-0.25, -0.2) is 4.79 Å². The molecule has 0 bridgehead atoms. The van der Waals surface area contributed by atoms with E-state index in [0.717, 1.165) is 0 Å². The van der Waals surface area contributed by atoms with Crippen molar-refractivity contribution in [2.24, 2.45) is 11.1 Å². The number of nitrogens with one attached hydrogen (secondary N) is 1. The van der Waals surface area contributed by atoms with Crippen molar-refractivity contribution < 1.29 is 41.8 Å². The van der Waals surface area contributed by atoms with Crippen molar-refractivity contribution in [2.45, 2.75) is 25.2 Å². The zero-order valence-corrected chi connectivity index (χ0v) is 14.5. The molecule has 1 spiro atoms. The predicted molar refractivity (Wildman–Crippen MR) is 83.0 cm³/mol. The number of carbonyl (C=O) groups excluding carboxylic acids is 3. The van der Waals surface area contributed by atoms with Crippen molar-refractivity contribution in [2.75, 3.05) is 46.1 Å². The Morgan fingerprint density at radius 1 is 1.22 bits per heavy atom. The number of amides is 2. The van der Waals surface area contributed by atoms with E-state index in [1.54, 1.807) is 0 Å². The second-order valence-electron chi connectivity index (χ2n) is 6.50. The topological polar surface area (TPSA) is 120 Å². The largest absolute Gasteiger partial charge is 0.490 e. The summed E-state index contributed by atoms with van der Waals surface area (Å²) in [4.78, 5) is 35.6. The number of nitrogens with zero attached hydrogens (tertiary/aromatic N) is 1. The van der Waals surface area contributed by atoms with Crippen LogP contribution >= 0.6 is 0 Å². The fourth-order valence-corrected chi connectivity index (χ4v) is 2.91. The molecule has 3 N–H and O–H groups in total. The van der Waals surface area contributed by atoms with E-state index in [-0.39, 0.29) is 31.6 Å².